The van der Waals surface area contributed by atoms with Crippen LogP contribution in [-0.4, -0.2) is 19.6 Å². The maximum absolute atomic E-state index is 9.00. The van der Waals surface area contributed by atoms with Gasteiger partial charge in [-0.1, -0.05) is 18.2 Å². The molecule has 90 valence electrons. The summed E-state index contributed by atoms with van der Waals surface area (Å²) in [7, 11) is 1.98. The van der Waals surface area contributed by atoms with Gasteiger partial charge in [0.05, 0.1) is 29.7 Å². The van der Waals surface area contributed by atoms with Gasteiger partial charge in [0.15, 0.2) is 0 Å². The Hall–Kier alpha value is -2.20. The summed E-state index contributed by atoms with van der Waals surface area (Å²) in [5.74, 6) is 0. The molecular weight excluding hydrogens is 226 g/mol. The monoisotopic (exact) mass is 239 g/mol. The molecule has 0 aliphatic carbocycles. The molecule has 3 rings (SSSR count). The predicted molar refractivity (Wildman–Crippen MR) is 69.9 cm³/mol. The third-order valence-corrected chi connectivity index (χ3v) is 3.05. The third kappa shape index (κ3) is 1.67. The number of hydrogen-bond acceptors (Lipinski definition) is 3. The Balaban J connectivity index is 2.18. The minimum absolute atomic E-state index is 0.0337. The van der Waals surface area contributed by atoms with Crippen LogP contribution < -0.4 is 0 Å². The Morgan fingerprint density at radius 1 is 1.17 bits per heavy atom. The lowest BCUT2D eigenvalue weighted by molar-refractivity contribution is 0.277. The maximum Gasteiger partial charge on any atom is 0.0963 e. The number of fused-ring (bicyclic) bond motifs is 1. The van der Waals surface area contributed by atoms with Crippen molar-refractivity contribution in [1.82, 2.24) is 14.5 Å². The van der Waals surface area contributed by atoms with Gasteiger partial charge in [0, 0.05) is 24.4 Å². The van der Waals surface area contributed by atoms with Crippen LogP contribution in [0.25, 0.3) is 22.2 Å². The zero-order chi connectivity index (χ0) is 12.5. The highest BCUT2D eigenvalue weighted by atomic mass is 16.3. The van der Waals surface area contributed by atoms with Gasteiger partial charge >= 0.3 is 0 Å². The fourth-order valence-electron chi connectivity index (χ4n) is 2.07. The molecule has 2 aromatic heterocycles. The molecule has 0 atom stereocenters. The smallest absolute Gasteiger partial charge is 0.0963 e. The van der Waals surface area contributed by atoms with Gasteiger partial charge in [-0.05, 0) is 12.1 Å². The van der Waals surface area contributed by atoms with Gasteiger partial charge in [-0.15, -0.1) is 0 Å². The van der Waals surface area contributed by atoms with Gasteiger partial charge in [-0.3, -0.25) is 4.98 Å². The zero-order valence-electron chi connectivity index (χ0n) is 10.0. The van der Waals surface area contributed by atoms with E-state index >= 15 is 0 Å². The average molecular weight is 239 g/mol. The summed E-state index contributed by atoms with van der Waals surface area (Å²) in [6.07, 6.45) is 3.58. The molecule has 3 aromatic rings. The molecule has 0 unspecified atom stereocenters. The Morgan fingerprint density at radius 2 is 2.06 bits per heavy atom. The number of aliphatic hydroxyl groups is 1. The first kappa shape index (κ1) is 10.9. The molecule has 1 aromatic carbocycles. The van der Waals surface area contributed by atoms with E-state index in [0.29, 0.717) is 5.69 Å². The van der Waals surface area contributed by atoms with Crippen molar-refractivity contribution < 1.29 is 5.11 Å². The Morgan fingerprint density at radius 3 is 2.78 bits per heavy atom. The standard InChI is InChI=1S/C14H13N3O/c1-17-9-16-14-12(3-2-4-13(14)17)10-5-6-11(8-18)15-7-10/h2-7,9,18H,8H2,1H3. The molecule has 0 spiro atoms. The zero-order valence-corrected chi connectivity index (χ0v) is 10.0. The number of rotatable bonds is 2. The minimum Gasteiger partial charge on any atom is -0.390 e. The summed E-state index contributed by atoms with van der Waals surface area (Å²) in [6, 6.07) is 9.88. The molecule has 0 aliphatic rings. The number of hydrogen-bond donors (Lipinski definition) is 1. The molecule has 0 amide bonds. The molecule has 4 heteroatoms. The topological polar surface area (TPSA) is 50.9 Å². The SMILES string of the molecule is Cn1cnc2c(-c3ccc(CO)nc3)cccc21. The summed E-state index contributed by atoms with van der Waals surface area (Å²) < 4.78 is 1.99. The van der Waals surface area contributed by atoms with Crippen molar-refractivity contribution in [1.29, 1.82) is 0 Å². The van der Waals surface area contributed by atoms with Crippen LogP contribution >= 0.6 is 0 Å². The molecule has 0 fully saturated rings. The van der Waals surface area contributed by atoms with Gasteiger partial charge in [-0.2, -0.15) is 0 Å². The predicted octanol–water partition coefficient (Wildman–Crippen LogP) is 2.13. The Labute approximate surface area is 105 Å². The van der Waals surface area contributed by atoms with Crippen LogP contribution in [0.2, 0.25) is 0 Å². The number of benzene rings is 1. The molecule has 0 saturated heterocycles. The Kier molecular flexibility index (Phi) is 2.57. The number of aryl methyl sites for hydroxylation is 1. The summed E-state index contributed by atoms with van der Waals surface area (Å²) in [4.78, 5) is 8.63. The van der Waals surface area contributed by atoms with Gasteiger partial charge in [0.2, 0.25) is 0 Å². The highest BCUT2D eigenvalue weighted by Crippen LogP contribution is 2.26. The second-order valence-electron chi connectivity index (χ2n) is 4.23. The molecule has 0 saturated carbocycles. The van der Waals surface area contributed by atoms with E-state index in [0.717, 1.165) is 22.2 Å². The number of aliphatic hydroxyl groups excluding tert-OH is 1. The fourth-order valence-corrected chi connectivity index (χ4v) is 2.07. The van der Waals surface area contributed by atoms with Crippen molar-refractivity contribution in [2.45, 2.75) is 6.61 Å². The van der Waals surface area contributed by atoms with E-state index in [1.54, 1.807) is 6.20 Å². The minimum atomic E-state index is -0.0337. The van der Waals surface area contributed by atoms with Crippen LogP contribution in [0, 0.1) is 0 Å². The van der Waals surface area contributed by atoms with Gasteiger partial charge in [-0.25, -0.2) is 4.98 Å². The number of nitrogens with zero attached hydrogens (tertiary/aromatic N) is 3. The second kappa shape index (κ2) is 4.23. The fraction of sp³-hybridized carbons (Fsp3) is 0.143. The molecule has 0 bridgehead atoms. The van der Waals surface area contributed by atoms with Crippen molar-refractivity contribution in [3.63, 3.8) is 0 Å². The molecule has 4 nitrogen and oxygen atoms in total. The first-order chi connectivity index (χ1) is 8.79. The van der Waals surface area contributed by atoms with Crippen LogP contribution in [-0.2, 0) is 13.7 Å². The molecule has 2 heterocycles. The number of aromatic nitrogens is 3. The second-order valence-corrected chi connectivity index (χ2v) is 4.23. The van der Waals surface area contributed by atoms with E-state index in [1.165, 1.54) is 0 Å². The largest absolute Gasteiger partial charge is 0.390 e. The van der Waals surface area contributed by atoms with Crippen molar-refractivity contribution in [3.05, 3.63) is 48.5 Å². The van der Waals surface area contributed by atoms with Crippen molar-refractivity contribution >= 4 is 11.0 Å². The molecular formula is C14H13N3O. The Bertz CT molecular complexity index is 686. The van der Waals surface area contributed by atoms with E-state index in [1.807, 2.05) is 48.3 Å². The van der Waals surface area contributed by atoms with E-state index in [9.17, 15) is 0 Å². The molecule has 0 aliphatic heterocycles. The lowest BCUT2D eigenvalue weighted by atomic mass is 10.1. The van der Waals surface area contributed by atoms with Crippen molar-refractivity contribution in [2.75, 3.05) is 0 Å². The van der Waals surface area contributed by atoms with Crippen LogP contribution in [0.3, 0.4) is 0 Å². The lowest BCUT2D eigenvalue weighted by Crippen LogP contribution is -1.89. The molecule has 0 radical (unpaired) electrons. The van der Waals surface area contributed by atoms with Gasteiger partial charge < -0.3 is 9.67 Å². The van der Waals surface area contributed by atoms with E-state index in [4.69, 9.17) is 5.11 Å². The maximum atomic E-state index is 9.00. The first-order valence-electron chi connectivity index (χ1n) is 5.76. The van der Waals surface area contributed by atoms with Crippen LogP contribution in [0.15, 0.2) is 42.9 Å². The first-order valence-corrected chi connectivity index (χ1v) is 5.76. The van der Waals surface area contributed by atoms with Crippen LogP contribution in [0.4, 0.5) is 0 Å². The number of para-hydroxylation sites is 1. The highest BCUT2D eigenvalue weighted by molar-refractivity contribution is 5.91. The average Bonchev–Trinajstić information content (AvgIpc) is 2.81. The van der Waals surface area contributed by atoms with Crippen LogP contribution in [0.1, 0.15) is 5.69 Å². The summed E-state index contributed by atoms with van der Waals surface area (Å²) in [5.41, 5.74) is 4.81. The van der Waals surface area contributed by atoms with E-state index in [2.05, 4.69) is 9.97 Å². The highest BCUT2D eigenvalue weighted by Gasteiger charge is 2.07. The number of imidazole rings is 1. The molecule has 1 N–H and O–H groups in total. The van der Waals surface area contributed by atoms with Crippen LogP contribution in [0.5, 0.6) is 0 Å². The quantitative estimate of drug-likeness (QED) is 0.745. The molecule has 18 heavy (non-hydrogen) atoms. The van der Waals surface area contributed by atoms with E-state index in [-0.39, 0.29) is 6.61 Å². The summed E-state index contributed by atoms with van der Waals surface area (Å²) >= 11 is 0. The third-order valence-electron chi connectivity index (χ3n) is 3.05. The van der Waals surface area contributed by atoms with E-state index < -0.39 is 0 Å². The van der Waals surface area contributed by atoms with Crippen molar-refractivity contribution in [3.8, 4) is 11.1 Å². The summed E-state index contributed by atoms with van der Waals surface area (Å²) in [5, 5.41) is 9.00. The van der Waals surface area contributed by atoms with Crippen molar-refractivity contribution in [2.24, 2.45) is 7.05 Å². The number of pyridine rings is 1. The lowest BCUT2D eigenvalue weighted by Gasteiger charge is -2.04. The normalized spacial score (nSPS) is 11.0. The van der Waals surface area contributed by atoms with Gasteiger partial charge in [0.25, 0.3) is 0 Å². The summed E-state index contributed by atoms with van der Waals surface area (Å²) in [6.45, 7) is -0.0337. The van der Waals surface area contributed by atoms with Gasteiger partial charge in [0.1, 0.15) is 0 Å².